The van der Waals surface area contributed by atoms with Crippen LogP contribution in [0.3, 0.4) is 0 Å². The molecule has 1 saturated heterocycles. The zero-order valence-electron chi connectivity index (χ0n) is 12.5. The van der Waals surface area contributed by atoms with E-state index in [1.54, 1.807) is 11.8 Å². The largest absolute Gasteiger partial charge is 0.391 e. The second-order valence-corrected chi connectivity index (χ2v) is 5.54. The van der Waals surface area contributed by atoms with Crippen LogP contribution in [0.25, 0.3) is 0 Å². The average Bonchev–Trinajstić information content (AvgIpc) is 2.92. The first kappa shape index (κ1) is 15.7. The first-order valence-corrected chi connectivity index (χ1v) is 7.40. The highest BCUT2D eigenvalue weighted by molar-refractivity contribution is 5.46. The lowest BCUT2D eigenvalue weighted by Gasteiger charge is -2.26. The Labute approximate surface area is 131 Å². The molecule has 3 rings (SSSR count). The third-order valence-corrected chi connectivity index (χ3v) is 4.06. The molecule has 122 valence electrons. The van der Waals surface area contributed by atoms with Gasteiger partial charge in [0.15, 0.2) is 23.3 Å². The molecule has 2 aromatic rings. The molecule has 0 radical (unpaired) electrons. The van der Waals surface area contributed by atoms with Gasteiger partial charge in [-0.15, -0.1) is 0 Å². The Morgan fingerprint density at radius 2 is 2.00 bits per heavy atom. The maximum Gasteiger partial charge on any atom is 0.187 e. The summed E-state index contributed by atoms with van der Waals surface area (Å²) in [4.78, 5) is 9.44. The van der Waals surface area contributed by atoms with Crippen molar-refractivity contribution < 1.29 is 18.3 Å². The zero-order chi connectivity index (χ0) is 16.6. The molecular weight excluding hydrogens is 307 g/mol. The summed E-state index contributed by atoms with van der Waals surface area (Å²) in [6.07, 6.45) is 1.26. The quantitative estimate of drug-likeness (QED) is 0.944. The minimum atomic E-state index is -0.971. The fourth-order valence-corrected chi connectivity index (χ4v) is 2.93. The Morgan fingerprint density at radius 1 is 1.22 bits per heavy atom. The van der Waals surface area contributed by atoms with Gasteiger partial charge >= 0.3 is 0 Å². The predicted octanol–water partition coefficient (Wildman–Crippen LogP) is 2.77. The van der Waals surface area contributed by atoms with Crippen LogP contribution >= 0.6 is 0 Å². The molecule has 4 nitrogen and oxygen atoms in total. The second-order valence-electron chi connectivity index (χ2n) is 5.54. The van der Waals surface area contributed by atoms with Gasteiger partial charge < -0.3 is 10.0 Å². The molecule has 0 amide bonds. The molecule has 1 aromatic heterocycles. The lowest BCUT2D eigenvalue weighted by molar-refractivity contribution is 0.194. The average molecular weight is 323 g/mol. The highest BCUT2D eigenvalue weighted by Gasteiger charge is 2.35. The first-order valence-electron chi connectivity index (χ1n) is 7.40. The minimum absolute atomic E-state index is 0.0723. The number of hydrogen-bond donors (Lipinski definition) is 1. The van der Waals surface area contributed by atoms with Crippen LogP contribution in [-0.4, -0.2) is 27.7 Å². The van der Waals surface area contributed by atoms with Gasteiger partial charge in [0.25, 0.3) is 0 Å². The van der Waals surface area contributed by atoms with E-state index in [4.69, 9.17) is 0 Å². The molecule has 0 spiro atoms. The van der Waals surface area contributed by atoms with E-state index in [-0.39, 0.29) is 24.5 Å². The number of nitrogens with zero attached hydrogens (tertiary/aromatic N) is 3. The predicted molar refractivity (Wildman–Crippen MR) is 78.4 cm³/mol. The number of aryl methyl sites for hydroxylation is 1. The van der Waals surface area contributed by atoms with E-state index in [0.717, 1.165) is 12.1 Å². The summed E-state index contributed by atoms with van der Waals surface area (Å²) >= 11 is 0. The van der Waals surface area contributed by atoms with Crippen molar-refractivity contribution in [1.29, 1.82) is 0 Å². The Morgan fingerprint density at radius 3 is 2.70 bits per heavy atom. The third kappa shape index (κ3) is 2.88. The van der Waals surface area contributed by atoms with E-state index in [0.29, 0.717) is 12.0 Å². The molecule has 1 aliphatic heterocycles. The smallest absolute Gasteiger partial charge is 0.187 e. The van der Waals surface area contributed by atoms with Crippen LogP contribution in [0.1, 0.15) is 30.6 Å². The van der Waals surface area contributed by atoms with E-state index in [9.17, 15) is 18.3 Å². The van der Waals surface area contributed by atoms with Gasteiger partial charge in [0.1, 0.15) is 6.33 Å². The van der Waals surface area contributed by atoms with Gasteiger partial charge in [0.2, 0.25) is 0 Å². The topological polar surface area (TPSA) is 49.2 Å². The van der Waals surface area contributed by atoms with Crippen LogP contribution in [0.5, 0.6) is 0 Å². The molecule has 1 aliphatic rings. The Bertz CT molecular complexity index is 726. The van der Waals surface area contributed by atoms with Crippen molar-refractivity contribution in [2.45, 2.75) is 31.9 Å². The maximum absolute atomic E-state index is 14.5. The summed E-state index contributed by atoms with van der Waals surface area (Å²) in [7, 11) is 0. The van der Waals surface area contributed by atoms with Crippen LogP contribution < -0.4 is 4.90 Å². The fraction of sp³-hybridized carbons (Fsp3) is 0.375. The summed E-state index contributed by atoms with van der Waals surface area (Å²) < 4.78 is 41.1. The van der Waals surface area contributed by atoms with Crippen LogP contribution in [0, 0.1) is 17.5 Å². The Hall–Kier alpha value is -2.15. The SMILES string of the molecule is CCc1ncnc(N2C[C@H](O)C[C@H]2c2ccc(F)c(F)c2)c1F. The molecule has 23 heavy (non-hydrogen) atoms. The van der Waals surface area contributed by atoms with Crippen molar-refractivity contribution in [3.8, 4) is 0 Å². The molecular formula is C16H16F3N3O. The summed E-state index contributed by atoms with van der Waals surface area (Å²) in [6.45, 7) is 1.95. The Balaban J connectivity index is 2.01. The van der Waals surface area contributed by atoms with E-state index in [1.807, 2.05) is 0 Å². The molecule has 7 heteroatoms. The van der Waals surface area contributed by atoms with Gasteiger partial charge in [0.05, 0.1) is 17.8 Å². The lowest BCUT2D eigenvalue weighted by Crippen LogP contribution is -2.27. The van der Waals surface area contributed by atoms with Crippen molar-refractivity contribution in [3.63, 3.8) is 0 Å². The highest BCUT2D eigenvalue weighted by atomic mass is 19.2. The monoisotopic (exact) mass is 323 g/mol. The van der Waals surface area contributed by atoms with Crippen molar-refractivity contribution in [1.82, 2.24) is 9.97 Å². The number of aliphatic hydroxyl groups is 1. The normalized spacial score (nSPS) is 21.0. The first-order chi connectivity index (χ1) is 11.0. The number of aliphatic hydroxyl groups excluding tert-OH is 1. The number of halogens is 3. The summed E-state index contributed by atoms with van der Waals surface area (Å²) in [6, 6.07) is 3.06. The third-order valence-electron chi connectivity index (χ3n) is 4.06. The van der Waals surface area contributed by atoms with E-state index in [1.165, 1.54) is 12.4 Å². The van der Waals surface area contributed by atoms with Gasteiger partial charge in [0, 0.05) is 6.54 Å². The van der Waals surface area contributed by atoms with Crippen molar-refractivity contribution in [2.24, 2.45) is 0 Å². The maximum atomic E-state index is 14.5. The molecule has 0 saturated carbocycles. The number of β-amino-alcohol motifs (C(OH)–C–C–N with tert-alkyl or cyclic N) is 1. The zero-order valence-corrected chi connectivity index (χ0v) is 12.5. The molecule has 0 unspecified atom stereocenters. The molecule has 0 bridgehead atoms. The number of anilines is 1. The fourth-order valence-electron chi connectivity index (χ4n) is 2.93. The van der Waals surface area contributed by atoms with Gasteiger partial charge in [-0.05, 0) is 30.5 Å². The van der Waals surface area contributed by atoms with E-state index in [2.05, 4.69) is 9.97 Å². The van der Waals surface area contributed by atoms with Crippen LogP contribution in [-0.2, 0) is 6.42 Å². The second kappa shape index (κ2) is 6.16. The molecule has 2 heterocycles. The van der Waals surface area contributed by atoms with Gasteiger partial charge in [-0.25, -0.2) is 23.1 Å². The highest BCUT2D eigenvalue weighted by Crippen LogP contribution is 2.37. The Kier molecular flexibility index (Phi) is 4.21. The van der Waals surface area contributed by atoms with Crippen LogP contribution in [0.15, 0.2) is 24.5 Å². The van der Waals surface area contributed by atoms with Gasteiger partial charge in [-0.1, -0.05) is 13.0 Å². The van der Waals surface area contributed by atoms with Gasteiger partial charge in [-0.2, -0.15) is 0 Å². The summed E-state index contributed by atoms with van der Waals surface area (Å²) in [5.41, 5.74) is 0.747. The number of hydrogen-bond acceptors (Lipinski definition) is 4. The van der Waals surface area contributed by atoms with Crippen LogP contribution in [0.4, 0.5) is 19.0 Å². The van der Waals surface area contributed by atoms with Crippen molar-refractivity contribution >= 4 is 5.82 Å². The molecule has 1 fully saturated rings. The summed E-state index contributed by atoms with van der Waals surface area (Å²) in [5.74, 6) is -2.39. The molecule has 2 atom stereocenters. The number of rotatable bonds is 3. The van der Waals surface area contributed by atoms with Crippen molar-refractivity contribution in [3.05, 3.63) is 53.2 Å². The van der Waals surface area contributed by atoms with Crippen molar-refractivity contribution in [2.75, 3.05) is 11.4 Å². The summed E-state index contributed by atoms with van der Waals surface area (Å²) in [5, 5.41) is 9.96. The minimum Gasteiger partial charge on any atom is -0.391 e. The lowest BCUT2D eigenvalue weighted by atomic mass is 10.0. The molecule has 1 N–H and O–H groups in total. The number of aromatic nitrogens is 2. The van der Waals surface area contributed by atoms with Gasteiger partial charge in [-0.3, -0.25) is 0 Å². The number of benzene rings is 1. The molecule has 1 aromatic carbocycles. The van der Waals surface area contributed by atoms with E-state index < -0.39 is 29.6 Å². The van der Waals surface area contributed by atoms with E-state index >= 15 is 0 Å². The van der Waals surface area contributed by atoms with Crippen LogP contribution in [0.2, 0.25) is 0 Å². The standard InChI is InChI=1S/C16H16F3N3O/c1-2-13-15(19)16(21-8-20-13)22-7-10(23)6-14(22)9-3-4-11(17)12(18)5-9/h3-5,8,10,14,23H,2,6-7H2,1H3/t10-,14+/m1/s1. The molecule has 0 aliphatic carbocycles.